The number of rotatable bonds is 25. The molecule has 0 saturated carbocycles. The first-order chi connectivity index (χ1) is 17.7. The molecule has 0 N–H and O–H groups in total. The summed E-state index contributed by atoms with van der Waals surface area (Å²) < 4.78 is 38.8. The minimum Gasteiger partial charge on any atom is -0.487 e. The van der Waals surface area contributed by atoms with Crippen LogP contribution >= 0.6 is 0 Å². The first kappa shape index (κ1) is 32.2. The molecule has 0 aliphatic rings. The molecule has 1 aromatic carbocycles. The summed E-state index contributed by atoms with van der Waals surface area (Å²) in [6.07, 6.45) is 9.56. The average molecular weight is 513 g/mol. The number of unbranched alkanes of at least 4 members (excludes halogenated alkanes) is 6. The lowest BCUT2D eigenvalue weighted by Gasteiger charge is -2.14. The number of carbonyl (C=O) groups is 1. The molecule has 1 rings (SSSR count). The summed E-state index contributed by atoms with van der Waals surface area (Å²) in [5, 5.41) is 0. The molecule has 0 atom stereocenters. The molecule has 0 radical (unpaired) electrons. The molecule has 208 valence electrons. The van der Waals surface area contributed by atoms with Crippen LogP contribution in [0.2, 0.25) is 0 Å². The zero-order valence-corrected chi connectivity index (χ0v) is 22.7. The van der Waals surface area contributed by atoms with Crippen molar-refractivity contribution < 1.29 is 38.0 Å². The topological polar surface area (TPSA) is 81.7 Å². The van der Waals surface area contributed by atoms with Gasteiger partial charge in [-0.3, -0.25) is 0 Å². The monoisotopic (exact) mass is 512 g/mol. The number of hydrogen-bond acceptors (Lipinski definition) is 8. The van der Waals surface area contributed by atoms with Crippen molar-refractivity contribution in [3.8, 4) is 11.5 Å². The van der Waals surface area contributed by atoms with E-state index in [0.717, 1.165) is 26.1 Å². The molecule has 1 aromatic rings. The Morgan fingerprint density at radius 3 is 1.56 bits per heavy atom. The number of methoxy groups -OCH3 is 1. The second-order valence-electron chi connectivity index (χ2n) is 8.42. The van der Waals surface area contributed by atoms with Gasteiger partial charge in [-0.2, -0.15) is 0 Å². The summed E-state index contributed by atoms with van der Waals surface area (Å²) in [6.45, 7) is 9.66. The molecular formula is C28H48O8. The van der Waals surface area contributed by atoms with Crippen molar-refractivity contribution in [3.63, 3.8) is 0 Å². The molecule has 0 fully saturated rings. The Balaban J connectivity index is 2.27. The fourth-order valence-corrected chi connectivity index (χ4v) is 3.31. The summed E-state index contributed by atoms with van der Waals surface area (Å²) in [7, 11) is 1.35. The second-order valence-corrected chi connectivity index (χ2v) is 8.42. The smallest absolute Gasteiger partial charge is 0.337 e. The average Bonchev–Trinajstić information content (AvgIpc) is 2.90. The van der Waals surface area contributed by atoms with Crippen molar-refractivity contribution in [2.24, 2.45) is 0 Å². The van der Waals surface area contributed by atoms with Crippen molar-refractivity contribution in [1.29, 1.82) is 0 Å². The van der Waals surface area contributed by atoms with E-state index in [1.165, 1.54) is 45.6 Å². The maximum absolute atomic E-state index is 11.9. The van der Waals surface area contributed by atoms with Crippen molar-refractivity contribution in [3.05, 3.63) is 23.8 Å². The summed E-state index contributed by atoms with van der Waals surface area (Å²) in [6, 6.07) is 4.97. The van der Waals surface area contributed by atoms with Gasteiger partial charge >= 0.3 is 5.97 Å². The maximum Gasteiger partial charge on any atom is 0.337 e. The quantitative estimate of drug-likeness (QED) is 0.126. The predicted octanol–water partition coefficient (Wildman–Crippen LogP) is 5.46. The van der Waals surface area contributed by atoms with Crippen molar-refractivity contribution in [2.45, 2.75) is 65.2 Å². The van der Waals surface area contributed by atoms with E-state index in [1.54, 1.807) is 18.2 Å². The van der Waals surface area contributed by atoms with Crippen LogP contribution in [-0.4, -0.2) is 79.1 Å². The van der Waals surface area contributed by atoms with Crippen LogP contribution in [0.4, 0.5) is 0 Å². The Labute approximate surface area is 217 Å². The molecular weight excluding hydrogens is 464 g/mol. The van der Waals surface area contributed by atoms with Gasteiger partial charge in [0.2, 0.25) is 0 Å². The molecule has 36 heavy (non-hydrogen) atoms. The lowest BCUT2D eigenvalue weighted by molar-refractivity contribution is 0.0320. The van der Waals surface area contributed by atoms with Crippen LogP contribution in [0.3, 0.4) is 0 Å². The normalized spacial score (nSPS) is 11.0. The molecule has 8 heteroatoms. The number of carbonyl (C=O) groups excluding carboxylic acids is 1. The Morgan fingerprint density at radius 2 is 1.06 bits per heavy atom. The fraction of sp³-hybridized carbons (Fsp3) is 0.750. The van der Waals surface area contributed by atoms with Gasteiger partial charge in [0.15, 0.2) is 11.5 Å². The van der Waals surface area contributed by atoms with Gasteiger partial charge in [-0.1, -0.05) is 52.4 Å². The largest absolute Gasteiger partial charge is 0.487 e. The van der Waals surface area contributed by atoms with E-state index < -0.39 is 5.97 Å². The lowest BCUT2D eigenvalue weighted by Crippen LogP contribution is -2.14. The van der Waals surface area contributed by atoms with E-state index in [1.807, 2.05) is 0 Å². The van der Waals surface area contributed by atoms with Crippen LogP contribution in [0.15, 0.2) is 18.2 Å². The van der Waals surface area contributed by atoms with Crippen molar-refractivity contribution in [2.75, 3.05) is 73.2 Å². The van der Waals surface area contributed by atoms with Gasteiger partial charge in [0, 0.05) is 13.2 Å². The SMILES string of the molecule is CCCCCCOCCOCCOc1ccc(C(=O)OC)cc1OCCOCCOCCCCCC. The Morgan fingerprint density at radius 1 is 0.583 bits per heavy atom. The molecule has 0 spiro atoms. The van der Waals surface area contributed by atoms with Crippen LogP contribution in [-0.2, 0) is 23.7 Å². The van der Waals surface area contributed by atoms with Crippen LogP contribution in [0.5, 0.6) is 11.5 Å². The van der Waals surface area contributed by atoms with E-state index in [-0.39, 0.29) is 0 Å². The van der Waals surface area contributed by atoms with Gasteiger partial charge in [-0.05, 0) is 31.0 Å². The molecule has 0 amide bonds. The number of esters is 1. The molecule has 0 bridgehead atoms. The third-order valence-corrected chi connectivity index (χ3v) is 5.36. The molecule has 8 nitrogen and oxygen atoms in total. The predicted molar refractivity (Wildman–Crippen MR) is 140 cm³/mol. The molecule has 0 heterocycles. The van der Waals surface area contributed by atoms with Crippen molar-refractivity contribution >= 4 is 5.97 Å². The van der Waals surface area contributed by atoms with E-state index in [4.69, 9.17) is 33.2 Å². The van der Waals surface area contributed by atoms with Gasteiger partial charge < -0.3 is 33.2 Å². The van der Waals surface area contributed by atoms with Crippen LogP contribution in [0.25, 0.3) is 0 Å². The molecule has 0 saturated heterocycles. The summed E-state index contributed by atoms with van der Waals surface area (Å²) >= 11 is 0. The van der Waals surface area contributed by atoms with E-state index in [9.17, 15) is 4.79 Å². The molecule has 0 aromatic heterocycles. The van der Waals surface area contributed by atoms with Crippen LogP contribution in [0.1, 0.15) is 75.6 Å². The third kappa shape index (κ3) is 16.7. The number of benzene rings is 1. The highest BCUT2D eigenvalue weighted by Gasteiger charge is 2.12. The lowest BCUT2D eigenvalue weighted by atomic mass is 10.2. The van der Waals surface area contributed by atoms with Gasteiger partial charge in [-0.25, -0.2) is 4.79 Å². The zero-order chi connectivity index (χ0) is 26.1. The van der Waals surface area contributed by atoms with E-state index in [2.05, 4.69) is 13.8 Å². The van der Waals surface area contributed by atoms with Gasteiger partial charge in [0.25, 0.3) is 0 Å². The Hall–Kier alpha value is -1.87. The van der Waals surface area contributed by atoms with Crippen LogP contribution < -0.4 is 9.47 Å². The molecule has 0 aliphatic heterocycles. The molecule has 0 unspecified atom stereocenters. The first-order valence-electron chi connectivity index (χ1n) is 13.5. The number of ether oxygens (including phenoxy) is 7. The summed E-state index contributed by atoms with van der Waals surface area (Å²) in [5.74, 6) is 0.565. The van der Waals surface area contributed by atoms with Gasteiger partial charge in [0.05, 0.1) is 52.3 Å². The minimum atomic E-state index is -0.434. The Bertz CT molecular complexity index is 652. The Kier molecular flexibility index (Phi) is 21.0. The van der Waals surface area contributed by atoms with E-state index >= 15 is 0 Å². The van der Waals surface area contributed by atoms with Crippen LogP contribution in [0, 0.1) is 0 Å². The fourth-order valence-electron chi connectivity index (χ4n) is 3.31. The second kappa shape index (κ2) is 23.5. The summed E-state index contributed by atoms with van der Waals surface area (Å²) in [5.41, 5.74) is 0.393. The highest BCUT2D eigenvalue weighted by Crippen LogP contribution is 2.28. The summed E-state index contributed by atoms with van der Waals surface area (Å²) in [4.78, 5) is 11.9. The highest BCUT2D eigenvalue weighted by molar-refractivity contribution is 5.90. The highest BCUT2D eigenvalue weighted by atomic mass is 16.6. The van der Waals surface area contributed by atoms with Crippen molar-refractivity contribution in [1.82, 2.24) is 0 Å². The molecule has 0 aliphatic carbocycles. The number of hydrogen-bond donors (Lipinski definition) is 0. The minimum absolute atomic E-state index is 0.323. The zero-order valence-electron chi connectivity index (χ0n) is 22.7. The standard InChI is InChI=1S/C28H48O8/c1-4-6-8-10-14-31-16-18-33-20-22-35-26-13-12-25(28(29)30-3)24-27(26)36-23-21-34-19-17-32-15-11-9-7-5-2/h12-13,24H,4-11,14-23H2,1-3H3. The van der Waals surface area contributed by atoms with E-state index in [0.29, 0.717) is 69.9 Å². The third-order valence-electron chi connectivity index (χ3n) is 5.36. The maximum atomic E-state index is 11.9. The van der Waals surface area contributed by atoms with Gasteiger partial charge in [-0.15, -0.1) is 0 Å². The first-order valence-corrected chi connectivity index (χ1v) is 13.5. The van der Waals surface area contributed by atoms with Gasteiger partial charge in [0.1, 0.15) is 13.2 Å².